The second-order valence-electron chi connectivity index (χ2n) is 7.30. The van der Waals surface area contributed by atoms with Crippen molar-refractivity contribution in [1.82, 2.24) is 4.90 Å². The van der Waals surface area contributed by atoms with Crippen LogP contribution in [0.2, 0.25) is 0 Å². The van der Waals surface area contributed by atoms with E-state index in [4.69, 9.17) is 5.73 Å². The predicted molar refractivity (Wildman–Crippen MR) is 91.7 cm³/mol. The lowest BCUT2D eigenvalue weighted by Crippen LogP contribution is -2.38. The molecule has 21 heavy (non-hydrogen) atoms. The summed E-state index contributed by atoms with van der Waals surface area (Å²) in [4.78, 5) is 2.62. The van der Waals surface area contributed by atoms with Crippen LogP contribution in [-0.2, 0) is 0 Å². The van der Waals surface area contributed by atoms with Gasteiger partial charge >= 0.3 is 0 Å². The van der Waals surface area contributed by atoms with Gasteiger partial charge in [0.05, 0.1) is 0 Å². The molecule has 1 atom stereocenters. The van der Waals surface area contributed by atoms with Crippen LogP contribution in [-0.4, -0.2) is 31.1 Å². The largest absolute Gasteiger partial charge is 0.330 e. The normalized spacial score (nSPS) is 19.1. The van der Waals surface area contributed by atoms with Gasteiger partial charge in [0.25, 0.3) is 0 Å². The van der Waals surface area contributed by atoms with E-state index in [1.165, 1.54) is 49.2 Å². The molecular weight excluding hydrogens is 256 g/mol. The highest BCUT2D eigenvalue weighted by molar-refractivity contribution is 5.31. The Balaban J connectivity index is 2.02. The molecule has 1 aromatic carbocycles. The summed E-state index contributed by atoms with van der Waals surface area (Å²) in [5, 5.41) is 0. The van der Waals surface area contributed by atoms with Crippen molar-refractivity contribution in [2.24, 2.45) is 17.6 Å². The number of hydrogen-bond donors (Lipinski definition) is 1. The van der Waals surface area contributed by atoms with Gasteiger partial charge in [0.2, 0.25) is 0 Å². The van der Waals surface area contributed by atoms with E-state index in [9.17, 15) is 0 Å². The Morgan fingerprint density at radius 2 is 1.67 bits per heavy atom. The average Bonchev–Trinajstić information content (AvgIpc) is 2.40. The summed E-state index contributed by atoms with van der Waals surface area (Å²) < 4.78 is 0. The molecule has 0 radical (unpaired) electrons. The van der Waals surface area contributed by atoms with Crippen molar-refractivity contribution >= 4 is 0 Å². The molecule has 2 heteroatoms. The summed E-state index contributed by atoms with van der Waals surface area (Å²) in [6, 6.07) is 6.93. The molecular formula is C19H32N2. The molecule has 1 unspecified atom stereocenters. The van der Waals surface area contributed by atoms with Crippen LogP contribution in [0.5, 0.6) is 0 Å². The minimum Gasteiger partial charge on any atom is -0.330 e. The fourth-order valence-electron chi connectivity index (χ4n) is 3.88. The molecule has 1 heterocycles. The summed E-state index contributed by atoms with van der Waals surface area (Å²) in [6.07, 6.45) is 2.59. The second kappa shape index (κ2) is 7.42. The Morgan fingerprint density at radius 1 is 1.10 bits per heavy atom. The first-order chi connectivity index (χ1) is 9.99. The van der Waals surface area contributed by atoms with Gasteiger partial charge in [-0.15, -0.1) is 0 Å². The third-order valence-electron chi connectivity index (χ3n) is 4.75. The number of likely N-dealkylation sites (tertiary alicyclic amines) is 1. The topological polar surface area (TPSA) is 29.3 Å². The summed E-state index contributed by atoms with van der Waals surface area (Å²) in [7, 11) is 0. The van der Waals surface area contributed by atoms with E-state index in [-0.39, 0.29) is 0 Å². The number of piperidine rings is 1. The highest BCUT2D eigenvalue weighted by Gasteiger charge is 2.27. The maximum atomic E-state index is 6.14. The highest BCUT2D eigenvalue weighted by Crippen LogP contribution is 2.33. The molecule has 0 aliphatic carbocycles. The lowest BCUT2D eigenvalue weighted by molar-refractivity contribution is 0.155. The van der Waals surface area contributed by atoms with Gasteiger partial charge in [-0.25, -0.2) is 0 Å². The van der Waals surface area contributed by atoms with E-state index in [0.717, 1.165) is 18.4 Å². The summed E-state index contributed by atoms with van der Waals surface area (Å²) in [5.74, 6) is 2.05. The van der Waals surface area contributed by atoms with E-state index in [2.05, 4.69) is 50.8 Å². The molecule has 1 aromatic rings. The Labute approximate surface area is 130 Å². The molecule has 0 amide bonds. The van der Waals surface area contributed by atoms with Crippen molar-refractivity contribution in [2.45, 2.75) is 46.5 Å². The smallest absolute Gasteiger partial charge is 0.000439 e. The van der Waals surface area contributed by atoms with Crippen molar-refractivity contribution in [2.75, 3.05) is 26.2 Å². The van der Waals surface area contributed by atoms with Gasteiger partial charge in [-0.2, -0.15) is 0 Å². The number of nitrogens with zero attached hydrogens (tertiary/aromatic N) is 1. The fourth-order valence-corrected chi connectivity index (χ4v) is 3.88. The summed E-state index contributed by atoms with van der Waals surface area (Å²) in [6.45, 7) is 13.5. The number of nitrogens with two attached hydrogens (primary N) is 1. The Bertz CT molecular complexity index is 425. The van der Waals surface area contributed by atoms with Gasteiger partial charge in [-0.05, 0) is 69.6 Å². The SMILES string of the molecule is Cc1cc(C)cc(C(CN)C2CCN(CC(C)C)CC2)c1. The lowest BCUT2D eigenvalue weighted by atomic mass is 9.79. The van der Waals surface area contributed by atoms with Crippen LogP contribution < -0.4 is 5.73 Å². The zero-order chi connectivity index (χ0) is 15.4. The molecule has 1 aliphatic rings. The van der Waals surface area contributed by atoms with Crippen molar-refractivity contribution in [3.63, 3.8) is 0 Å². The maximum absolute atomic E-state index is 6.14. The van der Waals surface area contributed by atoms with E-state index in [1.807, 2.05) is 0 Å². The monoisotopic (exact) mass is 288 g/mol. The summed E-state index contributed by atoms with van der Waals surface area (Å²) >= 11 is 0. The average molecular weight is 288 g/mol. The van der Waals surface area contributed by atoms with Gasteiger partial charge < -0.3 is 10.6 Å². The van der Waals surface area contributed by atoms with Crippen LogP contribution in [0, 0.1) is 25.7 Å². The van der Waals surface area contributed by atoms with Gasteiger partial charge in [0.1, 0.15) is 0 Å². The molecule has 0 bridgehead atoms. The van der Waals surface area contributed by atoms with Crippen LogP contribution in [0.4, 0.5) is 0 Å². The number of rotatable bonds is 5. The molecule has 0 saturated carbocycles. The molecule has 2 N–H and O–H groups in total. The van der Waals surface area contributed by atoms with Crippen molar-refractivity contribution in [1.29, 1.82) is 0 Å². The zero-order valence-electron chi connectivity index (χ0n) is 14.2. The molecule has 2 nitrogen and oxygen atoms in total. The van der Waals surface area contributed by atoms with Crippen LogP contribution in [0.1, 0.15) is 49.3 Å². The van der Waals surface area contributed by atoms with Crippen molar-refractivity contribution in [3.8, 4) is 0 Å². The van der Waals surface area contributed by atoms with E-state index in [1.54, 1.807) is 0 Å². The van der Waals surface area contributed by atoms with Crippen molar-refractivity contribution < 1.29 is 0 Å². The molecule has 2 rings (SSSR count). The van der Waals surface area contributed by atoms with E-state index in [0.29, 0.717) is 5.92 Å². The first-order valence-corrected chi connectivity index (χ1v) is 8.50. The van der Waals surface area contributed by atoms with Gasteiger partial charge in [0.15, 0.2) is 0 Å². The quantitative estimate of drug-likeness (QED) is 0.895. The van der Waals surface area contributed by atoms with Gasteiger partial charge in [-0.1, -0.05) is 43.2 Å². The van der Waals surface area contributed by atoms with E-state index < -0.39 is 0 Å². The molecule has 0 spiro atoms. The molecule has 118 valence electrons. The van der Waals surface area contributed by atoms with Gasteiger partial charge in [0, 0.05) is 6.54 Å². The zero-order valence-corrected chi connectivity index (χ0v) is 14.2. The number of hydrogen-bond acceptors (Lipinski definition) is 2. The molecule has 1 fully saturated rings. The lowest BCUT2D eigenvalue weighted by Gasteiger charge is -2.36. The molecule has 0 aromatic heterocycles. The molecule has 1 saturated heterocycles. The highest BCUT2D eigenvalue weighted by atomic mass is 15.1. The molecule has 1 aliphatic heterocycles. The van der Waals surface area contributed by atoms with Crippen LogP contribution in [0.3, 0.4) is 0 Å². The number of aryl methyl sites for hydroxylation is 2. The number of benzene rings is 1. The van der Waals surface area contributed by atoms with Crippen molar-refractivity contribution in [3.05, 3.63) is 34.9 Å². The van der Waals surface area contributed by atoms with Crippen LogP contribution in [0.15, 0.2) is 18.2 Å². The Morgan fingerprint density at radius 3 is 2.14 bits per heavy atom. The van der Waals surface area contributed by atoms with Gasteiger partial charge in [-0.3, -0.25) is 0 Å². The first-order valence-electron chi connectivity index (χ1n) is 8.50. The predicted octanol–water partition coefficient (Wildman–Crippen LogP) is 3.71. The fraction of sp³-hybridized carbons (Fsp3) is 0.684. The van der Waals surface area contributed by atoms with Crippen LogP contribution >= 0.6 is 0 Å². The Hall–Kier alpha value is -0.860. The Kier molecular flexibility index (Phi) is 5.83. The summed E-state index contributed by atoms with van der Waals surface area (Å²) in [5.41, 5.74) is 10.3. The maximum Gasteiger partial charge on any atom is 0.000439 e. The van der Waals surface area contributed by atoms with E-state index >= 15 is 0 Å². The third-order valence-corrected chi connectivity index (χ3v) is 4.75. The first kappa shape index (κ1) is 16.5. The third kappa shape index (κ3) is 4.55. The second-order valence-corrected chi connectivity index (χ2v) is 7.30. The standard InChI is InChI=1S/C19H32N2/c1-14(2)13-21-7-5-17(6-8-21)19(12-20)18-10-15(3)9-16(4)11-18/h9-11,14,17,19H,5-8,12-13,20H2,1-4H3. The van der Waals surface area contributed by atoms with Crippen LogP contribution in [0.25, 0.3) is 0 Å². The minimum atomic E-state index is 0.532. The minimum absolute atomic E-state index is 0.532.